The van der Waals surface area contributed by atoms with Crippen LogP contribution in [0.25, 0.3) is 0 Å². The van der Waals surface area contributed by atoms with E-state index in [0.717, 1.165) is 11.1 Å². The Kier molecular flexibility index (Phi) is 2.73. The van der Waals surface area contributed by atoms with Crippen LogP contribution in [0.5, 0.6) is 5.75 Å². The van der Waals surface area contributed by atoms with Crippen molar-refractivity contribution in [3.05, 3.63) is 29.3 Å². The zero-order valence-corrected chi connectivity index (χ0v) is 6.83. The summed E-state index contributed by atoms with van der Waals surface area (Å²) >= 11 is 0. The molecular formula is C10H10O2. The summed E-state index contributed by atoms with van der Waals surface area (Å²) in [7, 11) is 0. The molecule has 2 heteroatoms. The number of aromatic hydroxyl groups is 1. The lowest BCUT2D eigenvalue weighted by molar-refractivity contribution is 0.350. The smallest absolute Gasteiger partial charge is 0.115 e. The van der Waals surface area contributed by atoms with Crippen molar-refractivity contribution >= 4 is 0 Å². The number of aliphatic hydroxyl groups excluding tert-OH is 1. The molecule has 0 saturated carbocycles. The maximum atomic E-state index is 9.07. The van der Waals surface area contributed by atoms with Crippen LogP contribution in [0.2, 0.25) is 0 Å². The van der Waals surface area contributed by atoms with Crippen LogP contribution in [0.15, 0.2) is 18.2 Å². The Morgan fingerprint density at radius 2 is 2.17 bits per heavy atom. The molecule has 12 heavy (non-hydrogen) atoms. The van der Waals surface area contributed by atoms with Gasteiger partial charge in [-0.2, -0.15) is 0 Å². The quantitative estimate of drug-likeness (QED) is 0.560. The highest BCUT2D eigenvalue weighted by Crippen LogP contribution is 2.14. The molecule has 0 saturated heterocycles. The molecule has 0 aliphatic heterocycles. The lowest BCUT2D eigenvalue weighted by Crippen LogP contribution is -1.81. The van der Waals surface area contributed by atoms with Gasteiger partial charge in [0.25, 0.3) is 0 Å². The standard InChI is InChI=1S/C10H10O2/c1-8-7-10(12)5-4-9(8)3-2-6-11/h4-5,7,11-12H,6H2,1H3. The minimum Gasteiger partial charge on any atom is -0.508 e. The molecule has 1 rings (SSSR count). The van der Waals surface area contributed by atoms with Crippen LogP contribution >= 0.6 is 0 Å². The molecule has 2 nitrogen and oxygen atoms in total. The van der Waals surface area contributed by atoms with Crippen molar-refractivity contribution < 1.29 is 10.2 Å². The lowest BCUT2D eigenvalue weighted by atomic mass is 10.1. The third-order valence-corrected chi connectivity index (χ3v) is 1.51. The van der Waals surface area contributed by atoms with Crippen molar-refractivity contribution in [3.8, 4) is 17.6 Å². The van der Waals surface area contributed by atoms with Gasteiger partial charge < -0.3 is 10.2 Å². The fourth-order valence-corrected chi connectivity index (χ4v) is 0.923. The fraction of sp³-hybridized carbons (Fsp3) is 0.200. The molecule has 62 valence electrons. The highest BCUT2D eigenvalue weighted by molar-refractivity contribution is 5.44. The highest BCUT2D eigenvalue weighted by atomic mass is 16.3. The average Bonchev–Trinajstić information content (AvgIpc) is 2.03. The van der Waals surface area contributed by atoms with E-state index in [0.29, 0.717) is 0 Å². The van der Waals surface area contributed by atoms with Gasteiger partial charge in [0.1, 0.15) is 12.4 Å². The molecule has 0 aliphatic carbocycles. The first-order chi connectivity index (χ1) is 5.74. The molecule has 0 unspecified atom stereocenters. The summed E-state index contributed by atoms with van der Waals surface area (Å²) in [6.45, 7) is 1.72. The predicted octanol–water partition coefficient (Wildman–Crippen LogP) is 1.04. The SMILES string of the molecule is Cc1cc(O)ccc1C#CCO. The van der Waals surface area contributed by atoms with Crippen molar-refractivity contribution in [2.24, 2.45) is 0 Å². The van der Waals surface area contributed by atoms with Gasteiger partial charge in [-0.1, -0.05) is 11.8 Å². The number of hydrogen-bond acceptors (Lipinski definition) is 2. The second-order valence-corrected chi connectivity index (χ2v) is 2.46. The van der Waals surface area contributed by atoms with Gasteiger partial charge in [-0.25, -0.2) is 0 Å². The van der Waals surface area contributed by atoms with Crippen LogP contribution < -0.4 is 0 Å². The summed E-state index contributed by atoms with van der Waals surface area (Å²) in [6.07, 6.45) is 0. The molecule has 2 N–H and O–H groups in total. The van der Waals surface area contributed by atoms with Crippen LogP contribution in [0.1, 0.15) is 11.1 Å². The lowest BCUT2D eigenvalue weighted by Gasteiger charge is -1.97. The normalized spacial score (nSPS) is 8.83. The van der Waals surface area contributed by atoms with Crippen molar-refractivity contribution in [2.75, 3.05) is 6.61 Å². The van der Waals surface area contributed by atoms with Crippen LogP contribution in [0, 0.1) is 18.8 Å². The predicted molar refractivity (Wildman–Crippen MR) is 46.8 cm³/mol. The van der Waals surface area contributed by atoms with Crippen molar-refractivity contribution in [2.45, 2.75) is 6.92 Å². The average molecular weight is 162 g/mol. The topological polar surface area (TPSA) is 40.5 Å². The Morgan fingerprint density at radius 1 is 1.42 bits per heavy atom. The van der Waals surface area contributed by atoms with Gasteiger partial charge in [-0.05, 0) is 30.7 Å². The van der Waals surface area contributed by atoms with Crippen LogP contribution in [0.3, 0.4) is 0 Å². The van der Waals surface area contributed by atoms with E-state index in [1.807, 2.05) is 6.92 Å². The largest absolute Gasteiger partial charge is 0.508 e. The summed E-state index contributed by atoms with van der Waals surface area (Å²) in [5.41, 5.74) is 1.75. The summed E-state index contributed by atoms with van der Waals surface area (Å²) in [5, 5.41) is 17.5. The molecule has 0 bridgehead atoms. The molecular weight excluding hydrogens is 152 g/mol. The van der Waals surface area contributed by atoms with E-state index in [1.54, 1.807) is 18.2 Å². The second kappa shape index (κ2) is 3.80. The summed E-state index contributed by atoms with van der Waals surface area (Å²) in [4.78, 5) is 0. The van der Waals surface area contributed by atoms with E-state index in [2.05, 4.69) is 11.8 Å². The molecule has 0 heterocycles. The third-order valence-electron chi connectivity index (χ3n) is 1.51. The first-order valence-corrected chi connectivity index (χ1v) is 3.63. The van der Waals surface area contributed by atoms with Crippen molar-refractivity contribution in [1.29, 1.82) is 0 Å². The number of phenols is 1. The Balaban J connectivity index is 3.01. The number of benzene rings is 1. The van der Waals surface area contributed by atoms with Crippen LogP contribution in [0.4, 0.5) is 0 Å². The van der Waals surface area contributed by atoms with E-state index in [4.69, 9.17) is 10.2 Å². The Morgan fingerprint density at radius 3 is 2.75 bits per heavy atom. The molecule has 0 aromatic heterocycles. The third kappa shape index (κ3) is 2.01. The van der Waals surface area contributed by atoms with Gasteiger partial charge in [0.05, 0.1) is 0 Å². The van der Waals surface area contributed by atoms with E-state index >= 15 is 0 Å². The maximum Gasteiger partial charge on any atom is 0.115 e. The van der Waals surface area contributed by atoms with E-state index < -0.39 is 0 Å². The van der Waals surface area contributed by atoms with E-state index in [9.17, 15) is 0 Å². The molecule has 0 fully saturated rings. The van der Waals surface area contributed by atoms with Gasteiger partial charge in [0.2, 0.25) is 0 Å². The highest BCUT2D eigenvalue weighted by Gasteiger charge is 1.94. The molecule has 0 spiro atoms. The van der Waals surface area contributed by atoms with E-state index in [1.165, 1.54) is 0 Å². The zero-order chi connectivity index (χ0) is 8.97. The van der Waals surface area contributed by atoms with Gasteiger partial charge in [0, 0.05) is 5.56 Å². The molecule has 0 aliphatic rings. The number of rotatable bonds is 0. The molecule has 0 atom stereocenters. The number of aliphatic hydroxyl groups is 1. The summed E-state index contributed by atoms with van der Waals surface area (Å²) < 4.78 is 0. The molecule has 0 radical (unpaired) electrons. The number of aryl methyl sites for hydroxylation is 1. The number of hydrogen-bond donors (Lipinski definition) is 2. The Hall–Kier alpha value is -1.46. The minimum absolute atomic E-state index is 0.139. The van der Waals surface area contributed by atoms with Crippen molar-refractivity contribution in [1.82, 2.24) is 0 Å². The van der Waals surface area contributed by atoms with E-state index in [-0.39, 0.29) is 12.4 Å². The van der Waals surface area contributed by atoms with Gasteiger partial charge in [-0.15, -0.1) is 0 Å². The van der Waals surface area contributed by atoms with Crippen LogP contribution in [-0.2, 0) is 0 Å². The fourth-order valence-electron chi connectivity index (χ4n) is 0.923. The number of phenolic OH excluding ortho intramolecular Hbond substituents is 1. The summed E-state index contributed by atoms with van der Waals surface area (Å²) in [5.74, 6) is 5.57. The molecule has 1 aromatic carbocycles. The van der Waals surface area contributed by atoms with Crippen LogP contribution in [-0.4, -0.2) is 16.8 Å². The molecule has 1 aromatic rings. The zero-order valence-electron chi connectivity index (χ0n) is 6.83. The second-order valence-electron chi connectivity index (χ2n) is 2.46. The monoisotopic (exact) mass is 162 g/mol. The maximum absolute atomic E-state index is 9.07. The Labute approximate surface area is 71.5 Å². The Bertz CT molecular complexity index is 331. The van der Waals surface area contributed by atoms with Gasteiger partial charge >= 0.3 is 0 Å². The van der Waals surface area contributed by atoms with Crippen molar-refractivity contribution in [3.63, 3.8) is 0 Å². The van der Waals surface area contributed by atoms with Gasteiger partial charge in [0.15, 0.2) is 0 Å². The van der Waals surface area contributed by atoms with Gasteiger partial charge in [-0.3, -0.25) is 0 Å². The molecule has 0 amide bonds. The first kappa shape index (κ1) is 8.63. The first-order valence-electron chi connectivity index (χ1n) is 3.63. The minimum atomic E-state index is -0.139. The summed E-state index contributed by atoms with van der Waals surface area (Å²) in [6, 6.07) is 4.95.